The lowest BCUT2D eigenvalue weighted by Gasteiger charge is -2.24. The monoisotopic (exact) mass is 357 g/mol. The Kier molecular flexibility index (Phi) is 5.11. The standard InChI is InChI=1S/C16H21Cl2N3O2/c1-23-7-6-21-5-3-16(15(21)22)2-4-20(11-16)10-12-13(17)8-19-9-14(12)18/h8-9H,2-7,10-11H2,1H3. The van der Waals surface area contributed by atoms with Crippen LogP contribution in [0.25, 0.3) is 0 Å². The normalized spacial score (nSPS) is 25.0. The molecule has 23 heavy (non-hydrogen) atoms. The highest BCUT2D eigenvalue weighted by atomic mass is 35.5. The Hall–Kier alpha value is -0.880. The number of nitrogens with zero attached hydrogens (tertiary/aromatic N) is 3. The van der Waals surface area contributed by atoms with E-state index < -0.39 is 0 Å². The van der Waals surface area contributed by atoms with Crippen molar-refractivity contribution in [2.45, 2.75) is 19.4 Å². The Labute approximate surface area is 146 Å². The van der Waals surface area contributed by atoms with Crippen LogP contribution >= 0.6 is 23.2 Å². The summed E-state index contributed by atoms with van der Waals surface area (Å²) >= 11 is 12.4. The SMILES string of the molecule is COCCN1CCC2(CCN(Cc3c(Cl)cncc3Cl)C2)C1=O. The average molecular weight is 358 g/mol. The molecule has 0 aliphatic carbocycles. The van der Waals surface area contributed by atoms with Crippen LogP contribution in [-0.2, 0) is 16.1 Å². The molecule has 1 spiro atoms. The van der Waals surface area contributed by atoms with Crippen LogP contribution in [0.3, 0.4) is 0 Å². The highest BCUT2D eigenvalue weighted by Crippen LogP contribution is 2.41. The third-order valence-electron chi connectivity index (χ3n) is 4.93. The summed E-state index contributed by atoms with van der Waals surface area (Å²) in [6.45, 7) is 4.41. The molecular weight excluding hydrogens is 337 g/mol. The molecular formula is C16H21Cl2N3O2. The van der Waals surface area contributed by atoms with Gasteiger partial charge in [0.05, 0.1) is 22.1 Å². The lowest BCUT2D eigenvalue weighted by molar-refractivity contribution is -0.136. The van der Waals surface area contributed by atoms with E-state index in [4.69, 9.17) is 27.9 Å². The predicted octanol–water partition coefficient (Wildman–Crippen LogP) is 2.46. The first-order valence-electron chi connectivity index (χ1n) is 7.84. The molecule has 1 unspecified atom stereocenters. The zero-order chi connectivity index (χ0) is 16.4. The smallest absolute Gasteiger partial charge is 0.230 e. The maximum atomic E-state index is 12.7. The van der Waals surface area contributed by atoms with Gasteiger partial charge in [-0.15, -0.1) is 0 Å². The highest BCUT2D eigenvalue weighted by Gasteiger charge is 2.50. The number of pyridine rings is 1. The van der Waals surface area contributed by atoms with Gasteiger partial charge in [0.25, 0.3) is 0 Å². The van der Waals surface area contributed by atoms with Crippen LogP contribution in [0.1, 0.15) is 18.4 Å². The van der Waals surface area contributed by atoms with Crippen molar-refractivity contribution in [3.63, 3.8) is 0 Å². The van der Waals surface area contributed by atoms with Crippen molar-refractivity contribution >= 4 is 29.1 Å². The number of rotatable bonds is 5. The first-order chi connectivity index (χ1) is 11.1. The van der Waals surface area contributed by atoms with Gasteiger partial charge in [0.2, 0.25) is 5.91 Å². The number of carbonyl (C=O) groups excluding carboxylic acids is 1. The number of hydrogen-bond donors (Lipinski definition) is 0. The summed E-state index contributed by atoms with van der Waals surface area (Å²) in [7, 11) is 1.66. The van der Waals surface area contributed by atoms with Gasteiger partial charge < -0.3 is 9.64 Å². The zero-order valence-electron chi connectivity index (χ0n) is 13.2. The van der Waals surface area contributed by atoms with Gasteiger partial charge >= 0.3 is 0 Å². The molecule has 0 aromatic carbocycles. The second-order valence-electron chi connectivity index (χ2n) is 6.36. The fourth-order valence-corrected chi connectivity index (χ4v) is 4.08. The lowest BCUT2D eigenvalue weighted by Crippen LogP contribution is -2.38. The third kappa shape index (κ3) is 3.33. The molecule has 1 amide bonds. The number of aromatic nitrogens is 1. The molecule has 2 aliphatic rings. The molecule has 126 valence electrons. The first-order valence-corrected chi connectivity index (χ1v) is 8.60. The Morgan fingerprint density at radius 2 is 1.96 bits per heavy atom. The summed E-state index contributed by atoms with van der Waals surface area (Å²) in [5.41, 5.74) is 0.654. The summed E-state index contributed by atoms with van der Waals surface area (Å²) in [6, 6.07) is 0. The summed E-state index contributed by atoms with van der Waals surface area (Å²) in [5.74, 6) is 0.268. The van der Waals surface area contributed by atoms with E-state index in [0.29, 0.717) is 29.7 Å². The van der Waals surface area contributed by atoms with Gasteiger partial charge in [-0.3, -0.25) is 14.7 Å². The Morgan fingerprint density at radius 1 is 1.26 bits per heavy atom. The van der Waals surface area contributed by atoms with Crippen molar-refractivity contribution in [1.29, 1.82) is 0 Å². The lowest BCUT2D eigenvalue weighted by atomic mass is 9.85. The summed E-state index contributed by atoms with van der Waals surface area (Å²) < 4.78 is 5.09. The molecule has 0 saturated carbocycles. The van der Waals surface area contributed by atoms with Gasteiger partial charge in [-0.1, -0.05) is 23.2 Å². The molecule has 1 atom stereocenters. The second kappa shape index (κ2) is 6.93. The van der Waals surface area contributed by atoms with Crippen molar-refractivity contribution < 1.29 is 9.53 Å². The van der Waals surface area contributed by atoms with E-state index in [-0.39, 0.29) is 11.3 Å². The van der Waals surface area contributed by atoms with Crippen molar-refractivity contribution in [3.8, 4) is 0 Å². The van der Waals surface area contributed by atoms with E-state index in [1.54, 1.807) is 19.5 Å². The third-order valence-corrected chi connectivity index (χ3v) is 5.58. The molecule has 1 aromatic rings. The number of likely N-dealkylation sites (tertiary alicyclic amines) is 2. The molecule has 0 N–H and O–H groups in total. The van der Waals surface area contributed by atoms with Gasteiger partial charge in [0.1, 0.15) is 0 Å². The van der Waals surface area contributed by atoms with E-state index in [1.165, 1.54) is 0 Å². The Bertz CT molecular complexity index is 578. The van der Waals surface area contributed by atoms with Crippen LogP contribution in [-0.4, -0.2) is 60.6 Å². The molecule has 0 bridgehead atoms. The fourth-order valence-electron chi connectivity index (χ4n) is 3.59. The first kappa shape index (κ1) is 17.0. The van der Waals surface area contributed by atoms with Gasteiger partial charge in [0.15, 0.2) is 0 Å². The van der Waals surface area contributed by atoms with Crippen LogP contribution in [0.2, 0.25) is 10.0 Å². The molecule has 0 radical (unpaired) electrons. The fraction of sp³-hybridized carbons (Fsp3) is 0.625. The van der Waals surface area contributed by atoms with Crippen molar-refractivity contribution in [2.75, 3.05) is 39.9 Å². The predicted molar refractivity (Wildman–Crippen MR) is 89.7 cm³/mol. The molecule has 2 fully saturated rings. The van der Waals surface area contributed by atoms with Gasteiger partial charge in [-0.05, 0) is 19.4 Å². The number of hydrogen-bond acceptors (Lipinski definition) is 4. The summed E-state index contributed by atoms with van der Waals surface area (Å²) in [5, 5.41) is 1.16. The minimum absolute atomic E-state index is 0.236. The maximum Gasteiger partial charge on any atom is 0.230 e. The minimum Gasteiger partial charge on any atom is -0.383 e. The van der Waals surface area contributed by atoms with E-state index in [9.17, 15) is 4.79 Å². The van der Waals surface area contributed by atoms with Crippen molar-refractivity contribution in [3.05, 3.63) is 28.0 Å². The number of halogens is 2. The highest BCUT2D eigenvalue weighted by molar-refractivity contribution is 6.35. The van der Waals surface area contributed by atoms with Gasteiger partial charge in [-0.25, -0.2) is 0 Å². The maximum absolute atomic E-state index is 12.7. The van der Waals surface area contributed by atoms with Gasteiger partial charge in [-0.2, -0.15) is 0 Å². The van der Waals surface area contributed by atoms with Crippen LogP contribution in [0.5, 0.6) is 0 Å². The average Bonchev–Trinajstić information content (AvgIpc) is 3.08. The summed E-state index contributed by atoms with van der Waals surface area (Å²) in [4.78, 5) is 20.9. The number of ether oxygens (including phenoxy) is 1. The number of amides is 1. The molecule has 5 nitrogen and oxygen atoms in total. The summed E-state index contributed by atoms with van der Waals surface area (Å²) in [6.07, 6.45) is 5.04. The van der Waals surface area contributed by atoms with Crippen LogP contribution < -0.4 is 0 Å². The molecule has 2 aliphatic heterocycles. The van der Waals surface area contributed by atoms with Crippen molar-refractivity contribution in [1.82, 2.24) is 14.8 Å². The molecule has 3 rings (SSSR count). The Balaban J connectivity index is 1.66. The van der Waals surface area contributed by atoms with Gasteiger partial charge in [0, 0.05) is 51.2 Å². The minimum atomic E-state index is -0.236. The van der Waals surface area contributed by atoms with Crippen LogP contribution in [0.15, 0.2) is 12.4 Å². The molecule has 1 aromatic heterocycles. The van der Waals surface area contributed by atoms with Crippen LogP contribution in [0, 0.1) is 5.41 Å². The van der Waals surface area contributed by atoms with Crippen LogP contribution in [0.4, 0.5) is 0 Å². The van der Waals surface area contributed by atoms with E-state index in [0.717, 1.165) is 38.0 Å². The number of carbonyl (C=O) groups is 1. The van der Waals surface area contributed by atoms with Crippen molar-refractivity contribution in [2.24, 2.45) is 5.41 Å². The second-order valence-corrected chi connectivity index (χ2v) is 7.17. The quantitative estimate of drug-likeness (QED) is 0.811. The van der Waals surface area contributed by atoms with E-state index in [1.807, 2.05) is 4.90 Å². The van der Waals surface area contributed by atoms with E-state index in [2.05, 4.69) is 9.88 Å². The molecule has 7 heteroatoms. The molecule has 2 saturated heterocycles. The topological polar surface area (TPSA) is 45.7 Å². The number of methoxy groups -OCH3 is 1. The Morgan fingerprint density at radius 3 is 2.65 bits per heavy atom. The molecule has 3 heterocycles. The largest absolute Gasteiger partial charge is 0.383 e. The zero-order valence-corrected chi connectivity index (χ0v) is 14.7. The van der Waals surface area contributed by atoms with E-state index >= 15 is 0 Å².